The third kappa shape index (κ3) is 1.18. The van der Waals surface area contributed by atoms with Gasteiger partial charge in [-0.25, -0.2) is 0 Å². The van der Waals surface area contributed by atoms with Crippen LogP contribution in [0.1, 0.15) is 20.8 Å². The SMILES string of the molecule is CC1=C(O)C(C)C(C)(O)C(O)=C1O. The van der Waals surface area contributed by atoms with E-state index in [1.54, 1.807) is 6.92 Å². The molecule has 0 saturated carbocycles. The van der Waals surface area contributed by atoms with Crippen LogP contribution in [0.3, 0.4) is 0 Å². The number of allylic oxidation sites excluding steroid dienone is 1. The van der Waals surface area contributed by atoms with Crippen LogP contribution in [0.2, 0.25) is 0 Å². The predicted octanol–water partition coefficient (Wildman–Crippen LogP) is 1.55. The molecule has 1 aliphatic carbocycles. The second-order valence-electron chi connectivity index (χ2n) is 3.58. The van der Waals surface area contributed by atoms with E-state index < -0.39 is 23.0 Å². The average molecular weight is 186 g/mol. The number of aliphatic hydroxyl groups is 4. The zero-order valence-electron chi connectivity index (χ0n) is 7.87. The van der Waals surface area contributed by atoms with E-state index in [4.69, 9.17) is 0 Å². The van der Waals surface area contributed by atoms with Gasteiger partial charge in [-0.15, -0.1) is 0 Å². The predicted molar refractivity (Wildman–Crippen MR) is 47.4 cm³/mol. The van der Waals surface area contributed by atoms with Crippen LogP contribution in [-0.2, 0) is 0 Å². The van der Waals surface area contributed by atoms with E-state index in [9.17, 15) is 20.4 Å². The summed E-state index contributed by atoms with van der Waals surface area (Å²) in [7, 11) is 0. The van der Waals surface area contributed by atoms with E-state index in [0.717, 1.165) is 0 Å². The molecular weight excluding hydrogens is 172 g/mol. The molecule has 0 radical (unpaired) electrons. The quantitative estimate of drug-likeness (QED) is 0.462. The number of hydrogen-bond acceptors (Lipinski definition) is 4. The van der Waals surface area contributed by atoms with Crippen molar-refractivity contribution in [1.82, 2.24) is 0 Å². The normalized spacial score (nSPS) is 35.5. The van der Waals surface area contributed by atoms with Crippen molar-refractivity contribution < 1.29 is 20.4 Å². The molecule has 4 heteroatoms. The molecule has 0 aromatic carbocycles. The molecule has 0 aliphatic heterocycles. The average Bonchev–Trinajstić information content (AvgIpc) is 2.09. The lowest BCUT2D eigenvalue weighted by molar-refractivity contribution is -0.00797. The fourth-order valence-corrected chi connectivity index (χ4v) is 1.33. The Morgan fingerprint density at radius 2 is 1.69 bits per heavy atom. The summed E-state index contributed by atoms with van der Waals surface area (Å²) in [5.74, 6) is -1.65. The van der Waals surface area contributed by atoms with E-state index in [1.165, 1.54) is 13.8 Å². The lowest BCUT2D eigenvalue weighted by Crippen LogP contribution is -2.40. The van der Waals surface area contributed by atoms with Gasteiger partial charge >= 0.3 is 0 Å². The molecule has 0 spiro atoms. The minimum atomic E-state index is -1.60. The van der Waals surface area contributed by atoms with Gasteiger partial charge in [0, 0.05) is 11.5 Å². The third-order valence-corrected chi connectivity index (χ3v) is 2.70. The maximum absolute atomic E-state index is 9.71. The van der Waals surface area contributed by atoms with Crippen LogP contribution in [0.15, 0.2) is 22.9 Å². The molecule has 0 bridgehead atoms. The highest BCUT2D eigenvalue weighted by Crippen LogP contribution is 2.37. The van der Waals surface area contributed by atoms with E-state index >= 15 is 0 Å². The first kappa shape index (κ1) is 9.92. The van der Waals surface area contributed by atoms with Crippen LogP contribution in [0.5, 0.6) is 0 Å². The molecule has 0 aromatic heterocycles. The Morgan fingerprint density at radius 3 is 2.15 bits per heavy atom. The zero-order chi connectivity index (χ0) is 10.4. The van der Waals surface area contributed by atoms with Crippen LogP contribution < -0.4 is 0 Å². The van der Waals surface area contributed by atoms with Gasteiger partial charge in [0.25, 0.3) is 0 Å². The Bertz CT molecular complexity index is 299. The monoisotopic (exact) mass is 186 g/mol. The van der Waals surface area contributed by atoms with Gasteiger partial charge in [0.1, 0.15) is 11.4 Å². The summed E-state index contributed by atoms with van der Waals surface area (Å²) < 4.78 is 0. The van der Waals surface area contributed by atoms with Crippen molar-refractivity contribution in [2.24, 2.45) is 5.92 Å². The van der Waals surface area contributed by atoms with Crippen molar-refractivity contribution in [2.45, 2.75) is 26.4 Å². The van der Waals surface area contributed by atoms with Crippen molar-refractivity contribution in [1.29, 1.82) is 0 Å². The lowest BCUT2D eigenvalue weighted by atomic mass is 9.80. The minimum Gasteiger partial charge on any atom is -0.511 e. The first-order chi connectivity index (χ1) is 5.80. The number of hydrogen-bond donors (Lipinski definition) is 4. The molecule has 2 unspecified atom stereocenters. The lowest BCUT2D eigenvalue weighted by Gasteiger charge is -2.33. The first-order valence-electron chi connectivity index (χ1n) is 4.05. The molecule has 1 rings (SSSR count). The summed E-state index contributed by atoms with van der Waals surface area (Å²) in [6.45, 7) is 4.39. The minimum absolute atomic E-state index is 0.0969. The number of rotatable bonds is 0. The third-order valence-electron chi connectivity index (χ3n) is 2.70. The van der Waals surface area contributed by atoms with E-state index in [-0.39, 0.29) is 11.3 Å². The van der Waals surface area contributed by atoms with E-state index in [2.05, 4.69) is 0 Å². The Morgan fingerprint density at radius 1 is 1.23 bits per heavy atom. The van der Waals surface area contributed by atoms with E-state index in [1.807, 2.05) is 0 Å². The van der Waals surface area contributed by atoms with Gasteiger partial charge in [0.15, 0.2) is 11.5 Å². The van der Waals surface area contributed by atoms with Gasteiger partial charge in [0.05, 0.1) is 0 Å². The molecule has 0 aromatic rings. The maximum Gasteiger partial charge on any atom is 0.167 e. The van der Waals surface area contributed by atoms with E-state index in [0.29, 0.717) is 0 Å². The van der Waals surface area contributed by atoms with Gasteiger partial charge in [0.2, 0.25) is 0 Å². The van der Waals surface area contributed by atoms with Gasteiger partial charge < -0.3 is 20.4 Å². The van der Waals surface area contributed by atoms with Crippen LogP contribution in [0.25, 0.3) is 0 Å². The molecule has 0 saturated heterocycles. The van der Waals surface area contributed by atoms with Crippen LogP contribution >= 0.6 is 0 Å². The largest absolute Gasteiger partial charge is 0.511 e. The fourth-order valence-electron chi connectivity index (χ4n) is 1.33. The summed E-state index contributed by atoms with van der Waals surface area (Å²) in [5.41, 5.74) is -1.40. The van der Waals surface area contributed by atoms with Crippen molar-refractivity contribution in [3.8, 4) is 0 Å². The molecule has 4 nitrogen and oxygen atoms in total. The van der Waals surface area contributed by atoms with Crippen molar-refractivity contribution >= 4 is 0 Å². The van der Waals surface area contributed by atoms with Gasteiger partial charge in [-0.05, 0) is 13.8 Å². The van der Waals surface area contributed by atoms with Crippen molar-refractivity contribution in [2.75, 3.05) is 0 Å². The molecule has 13 heavy (non-hydrogen) atoms. The highest BCUT2D eigenvalue weighted by molar-refractivity contribution is 5.38. The van der Waals surface area contributed by atoms with Gasteiger partial charge in [-0.1, -0.05) is 6.92 Å². The van der Waals surface area contributed by atoms with Crippen molar-refractivity contribution in [3.05, 3.63) is 22.9 Å². The number of aliphatic hydroxyl groups excluding tert-OH is 3. The smallest absolute Gasteiger partial charge is 0.167 e. The highest BCUT2D eigenvalue weighted by atomic mass is 16.4. The molecule has 0 amide bonds. The standard InChI is InChI=1S/C9H14O4/c1-4-6(10)5(2)9(3,13)8(12)7(4)11/h5,10-13H,1-3H3. The second kappa shape index (κ2) is 2.67. The summed E-state index contributed by atoms with van der Waals surface area (Å²) in [5, 5.41) is 37.9. The van der Waals surface area contributed by atoms with Crippen LogP contribution in [0.4, 0.5) is 0 Å². The molecule has 1 aliphatic rings. The second-order valence-corrected chi connectivity index (χ2v) is 3.58. The zero-order valence-corrected chi connectivity index (χ0v) is 7.87. The summed E-state index contributed by atoms with van der Waals surface area (Å²) in [6.07, 6.45) is 0. The maximum atomic E-state index is 9.71. The molecule has 4 N–H and O–H groups in total. The van der Waals surface area contributed by atoms with Gasteiger partial charge in [-0.3, -0.25) is 0 Å². The fraction of sp³-hybridized carbons (Fsp3) is 0.556. The topological polar surface area (TPSA) is 80.9 Å². The van der Waals surface area contributed by atoms with Gasteiger partial charge in [-0.2, -0.15) is 0 Å². The summed E-state index contributed by atoms with van der Waals surface area (Å²) in [6, 6.07) is 0. The summed E-state index contributed by atoms with van der Waals surface area (Å²) in [4.78, 5) is 0. The Labute approximate surface area is 76.5 Å². The Balaban J connectivity index is 3.32. The molecular formula is C9H14O4. The highest BCUT2D eigenvalue weighted by Gasteiger charge is 2.42. The molecule has 0 fully saturated rings. The van der Waals surface area contributed by atoms with Crippen LogP contribution in [-0.4, -0.2) is 26.0 Å². The molecule has 2 atom stereocenters. The van der Waals surface area contributed by atoms with Crippen molar-refractivity contribution in [3.63, 3.8) is 0 Å². The molecule has 74 valence electrons. The van der Waals surface area contributed by atoms with Crippen LogP contribution in [0, 0.1) is 5.92 Å². The Kier molecular flexibility index (Phi) is 2.04. The first-order valence-corrected chi connectivity index (χ1v) is 4.05. The molecule has 0 heterocycles. The summed E-state index contributed by atoms with van der Waals surface area (Å²) >= 11 is 0. The Hall–Kier alpha value is -1.16.